The third-order valence-electron chi connectivity index (χ3n) is 6.84. The van der Waals surface area contributed by atoms with Crippen molar-refractivity contribution in [2.45, 2.75) is 70.1 Å². The van der Waals surface area contributed by atoms with Gasteiger partial charge in [0.25, 0.3) is 0 Å². The minimum Gasteiger partial charge on any atom is -0.378 e. The van der Waals surface area contributed by atoms with Crippen LogP contribution in [-0.2, 0) is 17.3 Å². The largest absolute Gasteiger partial charge is 0.418 e. The molecule has 174 valence electrons. The van der Waals surface area contributed by atoms with Gasteiger partial charge < -0.3 is 9.64 Å². The quantitative estimate of drug-likeness (QED) is 0.591. The zero-order valence-electron chi connectivity index (χ0n) is 18.5. The summed E-state index contributed by atoms with van der Waals surface area (Å²) in [4.78, 5) is 14.9. The maximum absolute atomic E-state index is 13.3. The van der Waals surface area contributed by atoms with E-state index in [0.29, 0.717) is 11.5 Å². The number of rotatable bonds is 6. The molecule has 0 spiro atoms. The van der Waals surface area contributed by atoms with Crippen LogP contribution < -0.4 is 4.90 Å². The molecule has 0 amide bonds. The van der Waals surface area contributed by atoms with Crippen molar-refractivity contribution in [3.05, 3.63) is 47.5 Å². The highest BCUT2D eigenvalue weighted by Gasteiger charge is 2.36. The van der Waals surface area contributed by atoms with Crippen molar-refractivity contribution in [1.29, 1.82) is 0 Å². The second-order valence-corrected chi connectivity index (χ2v) is 8.94. The molecule has 0 unspecified atom stereocenters. The first-order valence-electron chi connectivity index (χ1n) is 11.6. The number of hydrogen-bond acceptors (Lipinski definition) is 5. The van der Waals surface area contributed by atoms with Gasteiger partial charge in [-0.1, -0.05) is 6.92 Å². The van der Waals surface area contributed by atoms with Gasteiger partial charge in [-0.05, 0) is 74.0 Å². The van der Waals surface area contributed by atoms with Crippen LogP contribution in [0.4, 0.5) is 19.1 Å². The van der Waals surface area contributed by atoms with Gasteiger partial charge in [-0.3, -0.25) is 4.98 Å². The molecule has 0 N–H and O–H groups in total. The molecule has 4 rings (SSSR count). The lowest BCUT2D eigenvalue weighted by atomic mass is 9.81. The number of halogens is 3. The van der Waals surface area contributed by atoms with E-state index in [2.05, 4.69) is 26.8 Å². The molecule has 2 aromatic rings. The van der Waals surface area contributed by atoms with Gasteiger partial charge in [-0.2, -0.15) is 13.2 Å². The van der Waals surface area contributed by atoms with Crippen molar-refractivity contribution < 1.29 is 17.9 Å². The van der Waals surface area contributed by atoms with E-state index in [-0.39, 0.29) is 12.0 Å². The summed E-state index contributed by atoms with van der Waals surface area (Å²) < 4.78 is 46.1. The number of aromatic nitrogens is 3. The number of ether oxygens (including phenoxy) is 1. The maximum Gasteiger partial charge on any atom is 0.418 e. The molecule has 0 radical (unpaired) electrons. The van der Waals surface area contributed by atoms with Gasteiger partial charge in [0.2, 0.25) is 5.95 Å². The Morgan fingerprint density at radius 3 is 2.31 bits per heavy atom. The smallest absolute Gasteiger partial charge is 0.378 e. The maximum atomic E-state index is 13.3. The van der Waals surface area contributed by atoms with Crippen molar-refractivity contribution in [3.8, 4) is 0 Å². The number of nitrogens with zero attached hydrogens (tertiary/aromatic N) is 4. The zero-order chi connectivity index (χ0) is 22.6. The van der Waals surface area contributed by atoms with Crippen LogP contribution in [0.1, 0.15) is 68.1 Å². The average Bonchev–Trinajstić information content (AvgIpc) is 2.83. The highest BCUT2D eigenvalue weighted by Crippen LogP contribution is 2.40. The molecule has 8 heteroatoms. The number of aryl methyl sites for hydroxylation is 1. The fraction of sp³-hybridized carbons (Fsp3) is 0.625. The zero-order valence-corrected chi connectivity index (χ0v) is 18.5. The highest BCUT2D eigenvalue weighted by molar-refractivity contribution is 5.31. The Kier molecular flexibility index (Phi) is 7.28. The molecule has 1 aliphatic carbocycles. The van der Waals surface area contributed by atoms with Crippen LogP contribution in [0.2, 0.25) is 0 Å². The predicted molar refractivity (Wildman–Crippen MR) is 117 cm³/mol. The van der Waals surface area contributed by atoms with E-state index in [4.69, 9.17) is 4.74 Å². The second-order valence-electron chi connectivity index (χ2n) is 8.94. The third kappa shape index (κ3) is 5.57. The topological polar surface area (TPSA) is 51.1 Å². The lowest BCUT2D eigenvalue weighted by Gasteiger charge is -2.34. The molecule has 2 aliphatic rings. The molecular formula is C24H31F3N4O. The average molecular weight is 449 g/mol. The van der Waals surface area contributed by atoms with Crippen LogP contribution in [0.25, 0.3) is 0 Å². The normalized spacial score (nSPS) is 22.8. The van der Waals surface area contributed by atoms with Gasteiger partial charge in [-0.25, -0.2) is 9.97 Å². The van der Waals surface area contributed by atoms with E-state index in [9.17, 15) is 13.2 Å². The highest BCUT2D eigenvalue weighted by atomic mass is 19.4. The van der Waals surface area contributed by atoms with Gasteiger partial charge >= 0.3 is 6.18 Å². The van der Waals surface area contributed by atoms with Crippen molar-refractivity contribution in [2.75, 3.05) is 24.6 Å². The van der Waals surface area contributed by atoms with E-state index in [1.54, 1.807) is 0 Å². The molecule has 1 saturated heterocycles. The Bertz CT molecular complexity index is 858. The Hall–Kier alpha value is -2.22. The van der Waals surface area contributed by atoms with E-state index in [1.165, 1.54) is 12.3 Å². The van der Waals surface area contributed by atoms with E-state index in [1.807, 2.05) is 12.4 Å². The van der Waals surface area contributed by atoms with Gasteiger partial charge in [0, 0.05) is 44.5 Å². The molecule has 3 heterocycles. The van der Waals surface area contributed by atoms with E-state index >= 15 is 0 Å². The molecule has 0 atom stereocenters. The molecule has 2 fully saturated rings. The van der Waals surface area contributed by atoms with Crippen molar-refractivity contribution >= 4 is 5.95 Å². The van der Waals surface area contributed by atoms with Crippen molar-refractivity contribution in [1.82, 2.24) is 15.0 Å². The Morgan fingerprint density at radius 2 is 1.69 bits per heavy atom. The predicted octanol–water partition coefficient (Wildman–Crippen LogP) is 5.41. The fourth-order valence-electron chi connectivity index (χ4n) is 4.80. The molecule has 5 nitrogen and oxygen atoms in total. The first-order chi connectivity index (χ1) is 15.4. The first kappa shape index (κ1) is 23.0. The van der Waals surface area contributed by atoms with Crippen LogP contribution in [0.3, 0.4) is 0 Å². The molecule has 2 aromatic heterocycles. The minimum atomic E-state index is -4.35. The number of anilines is 1. The summed E-state index contributed by atoms with van der Waals surface area (Å²) in [6, 6.07) is 1.53. The first-order valence-corrected chi connectivity index (χ1v) is 11.6. The Labute approximate surface area is 187 Å². The summed E-state index contributed by atoms with van der Waals surface area (Å²) in [5, 5.41) is 0. The van der Waals surface area contributed by atoms with Crippen LogP contribution in [0.15, 0.2) is 30.9 Å². The lowest BCUT2D eigenvalue weighted by molar-refractivity contribution is -0.138. The molecule has 0 bridgehead atoms. The van der Waals surface area contributed by atoms with Crippen LogP contribution >= 0.6 is 0 Å². The summed E-state index contributed by atoms with van der Waals surface area (Å²) in [7, 11) is 0. The Balaban J connectivity index is 1.21. The van der Waals surface area contributed by atoms with Crippen LogP contribution in [0, 0.1) is 5.92 Å². The summed E-state index contributed by atoms with van der Waals surface area (Å²) >= 11 is 0. The molecular weight excluding hydrogens is 417 g/mol. The molecule has 1 aliphatic heterocycles. The number of piperidine rings is 1. The summed E-state index contributed by atoms with van der Waals surface area (Å²) in [5.74, 6) is 1.24. The fourth-order valence-corrected chi connectivity index (χ4v) is 4.80. The molecule has 0 aromatic carbocycles. The van der Waals surface area contributed by atoms with Gasteiger partial charge in [-0.15, -0.1) is 0 Å². The SMILES string of the molecule is CCc1cnc(N2CCC(CO[C@H]3CC[C@H](c4ccncc4C(F)(F)F)CC3)CC2)nc1. The van der Waals surface area contributed by atoms with Crippen molar-refractivity contribution in [2.24, 2.45) is 5.92 Å². The number of alkyl halides is 3. The van der Waals surface area contributed by atoms with Crippen molar-refractivity contribution in [3.63, 3.8) is 0 Å². The summed E-state index contributed by atoms with van der Waals surface area (Å²) in [5.41, 5.74) is 0.933. The van der Waals surface area contributed by atoms with Crippen LogP contribution in [0.5, 0.6) is 0 Å². The van der Waals surface area contributed by atoms with Crippen LogP contribution in [-0.4, -0.2) is 40.8 Å². The monoisotopic (exact) mass is 448 g/mol. The lowest BCUT2D eigenvalue weighted by Crippen LogP contribution is -2.37. The van der Waals surface area contributed by atoms with Gasteiger partial charge in [0.05, 0.1) is 11.7 Å². The summed E-state index contributed by atoms with van der Waals surface area (Å²) in [6.07, 6.45) is 8.09. The molecule has 1 saturated carbocycles. The Morgan fingerprint density at radius 1 is 1.00 bits per heavy atom. The van der Waals surface area contributed by atoms with Gasteiger partial charge in [0.15, 0.2) is 0 Å². The van der Waals surface area contributed by atoms with E-state index < -0.39 is 11.7 Å². The van der Waals surface area contributed by atoms with E-state index in [0.717, 1.165) is 82.4 Å². The number of hydrogen-bond donors (Lipinski definition) is 0. The standard InChI is InChI=1S/C24H31F3N4O/c1-2-17-13-29-23(30-14-17)31-11-8-18(9-12-31)16-32-20-5-3-19(4-6-20)21-7-10-28-15-22(21)24(25,26)27/h7,10,13-15,18-20H,2-6,8-9,11-12,16H2,1H3/t19-,20-. The summed E-state index contributed by atoms with van der Waals surface area (Å²) in [6.45, 7) is 4.67. The third-order valence-corrected chi connectivity index (χ3v) is 6.84. The second kappa shape index (κ2) is 10.1. The molecule has 32 heavy (non-hydrogen) atoms. The van der Waals surface area contributed by atoms with Gasteiger partial charge in [0.1, 0.15) is 0 Å². The number of pyridine rings is 1. The minimum absolute atomic E-state index is 0.0724.